The van der Waals surface area contributed by atoms with Gasteiger partial charge in [0.15, 0.2) is 0 Å². The van der Waals surface area contributed by atoms with Crippen molar-refractivity contribution in [1.82, 2.24) is 19.8 Å². The molecular weight excluding hydrogens is 296 g/mol. The first-order valence-corrected chi connectivity index (χ1v) is 7.72. The summed E-state index contributed by atoms with van der Waals surface area (Å²) in [6, 6.07) is 11.1. The fraction of sp³-hybridized carbons (Fsp3) is 0.471. The van der Waals surface area contributed by atoms with E-state index in [1.165, 1.54) is 5.56 Å². The number of aromatic nitrogens is 2. The van der Waals surface area contributed by atoms with E-state index in [1.807, 2.05) is 12.4 Å². The van der Waals surface area contributed by atoms with Crippen molar-refractivity contribution in [3.63, 3.8) is 0 Å². The van der Waals surface area contributed by atoms with Gasteiger partial charge in [-0.25, -0.2) is 4.98 Å². The summed E-state index contributed by atoms with van der Waals surface area (Å²) < 4.78 is 2.14. The van der Waals surface area contributed by atoms with E-state index in [-0.39, 0.29) is 12.4 Å². The Bertz CT molecular complexity index is 569. The Morgan fingerprint density at radius 3 is 2.77 bits per heavy atom. The van der Waals surface area contributed by atoms with Gasteiger partial charge in [-0.05, 0) is 11.5 Å². The largest absolute Gasteiger partial charge is 0.337 e. The lowest BCUT2D eigenvalue weighted by Gasteiger charge is -2.37. The van der Waals surface area contributed by atoms with Crippen LogP contribution in [0.15, 0.2) is 42.7 Å². The van der Waals surface area contributed by atoms with Gasteiger partial charge in [-0.15, -0.1) is 12.4 Å². The van der Waals surface area contributed by atoms with Gasteiger partial charge in [0.2, 0.25) is 0 Å². The van der Waals surface area contributed by atoms with Gasteiger partial charge in [-0.1, -0.05) is 37.3 Å². The predicted octanol–water partition coefficient (Wildman–Crippen LogP) is 2.59. The standard InChI is InChI=1S/C17H24N4.ClH/c1-14(15-6-4-3-5-7-15)13-21-11-8-18-12-16(21)17-19-9-10-20(17)2;/h3-7,9-10,14,16,18H,8,11-13H2,1-2H3;1H. The van der Waals surface area contributed by atoms with Crippen LogP contribution >= 0.6 is 12.4 Å². The number of nitrogens with zero attached hydrogens (tertiary/aromatic N) is 3. The van der Waals surface area contributed by atoms with E-state index in [1.54, 1.807) is 0 Å². The molecule has 0 spiro atoms. The van der Waals surface area contributed by atoms with Crippen molar-refractivity contribution in [3.8, 4) is 0 Å². The van der Waals surface area contributed by atoms with Crippen molar-refractivity contribution >= 4 is 12.4 Å². The minimum absolute atomic E-state index is 0. The second-order valence-corrected chi connectivity index (χ2v) is 5.92. The van der Waals surface area contributed by atoms with Gasteiger partial charge in [0.05, 0.1) is 6.04 Å². The average Bonchev–Trinajstić information content (AvgIpc) is 2.95. The van der Waals surface area contributed by atoms with Crippen LogP contribution in [-0.4, -0.2) is 40.6 Å². The smallest absolute Gasteiger partial charge is 0.127 e. The molecule has 0 aliphatic carbocycles. The molecule has 1 fully saturated rings. The van der Waals surface area contributed by atoms with Crippen LogP contribution in [0.4, 0.5) is 0 Å². The van der Waals surface area contributed by atoms with Crippen molar-refractivity contribution in [3.05, 3.63) is 54.1 Å². The van der Waals surface area contributed by atoms with E-state index >= 15 is 0 Å². The number of aryl methyl sites for hydroxylation is 1. The maximum atomic E-state index is 4.55. The highest BCUT2D eigenvalue weighted by molar-refractivity contribution is 5.85. The number of benzene rings is 1. The molecule has 1 aromatic heterocycles. The zero-order valence-corrected chi connectivity index (χ0v) is 14.1. The van der Waals surface area contributed by atoms with Crippen molar-refractivity contribution in [2.45, 2.75) is 18.9 Å². The van der Waals surface area contributed by atoms with Crippen LogP contribution in [0.25, 0.3) is 0 Å². The molecule has 3 rings (SSSR count). The average molecular weight is 321 g/mol. The Balaban J connectivity index is 0.00000176. The molecule has 2 aromatic rings. The highest BCUT2D eigenvalue weighted by atomic mass is 35.5. The summed E-state index contributed by atoms with van der Waals surface area (Å²) in [4.78, 5) is 7.12. The summed E-state index contributed by atoms with van der Waals surface area (Å²) in [6.45, 7) is 6.50. The quantitative estimate of drug-likeness (QED) is 0.940. The fourth-order valence-electron chi connectivity index (χ4n) is 3.16. The molecule has 0 amide bonds. The molecule has 2 heterocycles. The second-order valence-electron chi connectivity index (χ2n) is 5.92. The SMILES string of the molecule is CC(CN1CCNCC1c1nccn1C)c1ccccc1.Cl. The first kappa shape index (κ1) is 17.0. The normalized spacial score (nSPS) is 20.4. The second kappa shape index (κ2) is 7.77. The predicted molar refractivity (Wildman–Crippen MR) is 92.5 cm³/mol. The molecule has 2 atom stereocenters. The monoisotopic (exact) mass is 320 g/mol. The molecule has 1 aliphatic heterocycles. The summed E-state index contributed by atoms with van der Waals surface area (Å²) >= 11 is 0. The Labute approximate surface area is 139 Å². The molecular formula is C17H25ClN4. The minimum Gasteiger partial charge on any atom is -0.337 e. The van der Waals surface area contributed by atoms with Gasteiger partial charge in [0.1, 0.15) is 5.82 Å². The molecule has 0 bridgehead atoms. The number of rotatable bonds is 4. The van der Waals surface area contributed by atoms with E-state index in [0.717, 1.165) is 32.0 Å². The summed E-state index contributed by atoms with van der Waals surface area (Å²) in [5, 5.41) is 3.50. The van der Waals surface area contributed by atoms with E-state index in [0.29, 0.717) is 12.0 Å². The summed E-state index contributed by atoms with van der Waals surface area (Å²) in [6.07, 6.45) is 3.92. The molecule has 0 radical (unpaired) electrons. The summed E-state index contributed by atoms with van der Waals surface area (Å²) in [5.41, 5.74) is 1.41. The van der Waals surface area contributed by atoms with E-state index in [9.17, 15) is 0 Å². The molecule has 1 saturated heterocycles. The van der Waals surface area contributed by atoms with Gasteiger partial charge in [-0.3, -0.25) is 4.90 Å². The number of hydrogen-bond acceptors (Lipinski definition) is 3. The number of nitrogens with one attached hydrogen (secondary N) is 1. The van der Waals surface area contributed by atoms with Crippen LogP contribution in [0.3, 0.4) is 0 Å². The lowest BCUT2D eigenvalue weighted by molar-refractivity contribution is 0.145. The van der Waals surface area contributed by atoms with E-state index in [4.69, 9.17) is 0 Å². The van der Waals surface area contributed by atoms with Crippen molar-refractivity contribution in [2.75, 3.05) is 26.2 Å². The molecule has 22 heavy (non-hydrogen) atoms. The Kier molecular flexibility index (Phi) is 6.00. The summed E-state index contributed by atoms with van der Waals surface area (Å²) in [5.74, 6) is 1.69. The lowest BCUT2D eigenvalue weighted by atomic mass is 9.99. The molecule has 120 valence electrons. The van der Waals surface area contributed by atoms with Crippen molar-refractivity contribution in [2.24, 2.45) is 7.05 Å². The molecule has 2 unspecified atom stereocenters. The van der Waals surface area contributed by atoms with Crippen molar-refractivity contribution in [1.29, 1.82) is 0 Å². The number of imidazole rings is 1. The van der Waals surface area contributed by atoms with Crippen LogP contribution in [0.2, 0.25) is 0 Å². The van der Waals surface area contributed by atoms with Gasteiger partial charge < -0.3 is 9.88 Å². The molecule has 1 aromatic carbocycles. The lowest BCUT2D eigenvalue weighted by Crippen LogP contribution is -2.47. The molecule has 0 saturated carbocycles. The third-order valence-electron chi connectivity index (χ3n) is 4.39. The first-order valence-electron chi connectivity index (χ1n) is 7.72. The van der Waals surface area contributed by atoms with Crippen LogP contribution in [0.1, 0.15) is 30.3 Å². The molecule has 1 N–H and O–H groups in total. The minimum atomic E-state index is 0. The maximum absolute atomic E-state index is 4.55. The maximum Gasteiger partial charge on any atom is 0.127 e. The number of halogens is 1. The Hall–Kier alpha value is -1.36. The van der Waals surface area contributed by atoms with Gasteiger partial charge in [0, 0.05) is 45.6 Å². The third kappa shape index (κ3) is 3.69. The molecule has 4 nitrogen and oxygen atoms in total. The Morgan fingerprint density at radius 2 is 2.09 bits per heavy atom. The fourth-order valence-corrected chi connectivity index (χ4v) is 3.16. The van der Waals surface area contributed by atoms with Crippen LogP contribution in [-0.2, 0) is 7.05 Å². The zero-order chi connectivity index (χ0) is 14.7. The van der Waals surface area contributed by atoms with E-state index in [2.05, 4.69) is 64.1 Å². The molecule has 5 heteroatoms. The van der Waals surface area contributed by atoms with Crippen LogP contribution < -0.4 is 5.32 Å². The zero-order valence-electron chi connectivity index (χ0n) is 13.3. The first-order chi connectivity index (χ1) is 10.3. The Morgan fingerprint density at radius 1 is 1.32 bits per heavy atom. The highest BCUT2D eigenvalue weighted by Gasteiger charge is 2.27. The van der Waals surface area contributed by atoms with Gasteiger partial charge in [0.25, 0.3) is 0 Å². The highest BCUT2D eigenvalue weighted by Crippen LogP contribution is 2.24. The van der Waals surface area contributed by atoms with Gasteiger partial charge in [-0.2, -0.15) is 0 Å². The third-order valence-corrected chi connectivity index (χ3v) is 4.39. The van der Waals surface area contributed by atoms with Crippen molar-refractivity contribution < 1.29 is 0 Å². The van der Waals surface area contributed by atoms with Gasteiger partial charge >= 0.3 is 0 Å². The van der Waals surface area contributed by atoms with Crippen LogP contribution in [0.5, 0.6) is 0 Å². The summed E-state index contributed by atoms with van der Waals surface area (Å²) in [7, 11) is 2.08. The van der Waals surface area contributed by atoms with E-state index < -0.39 is 0 Å². The topological polar surface area (TPSA) is 33.1 Å². The van der Waals surface area contributed by atoms with Crippen LogP contribution in [0, 0.1) is 0 Å². The number of piperazine rings is 1. The number of hydrogen-bond donors (Lipinski definition) is 1. The molecule has 1 aliphatic rings.